The molecule has 0 aromatic rings. The van der Waals surface area contributed by atoms with Gasteiger partial charge in [0.1, 0.15) is 0 Å². The first-order chi connectivity index (χ1) is 7.72. The average Bonchev–Trinajstić information content (AvgIpc) is 2.70. The first kappa shape index (κ1) is 14.0. The summed E-state index contributed by atoms with van der Waals surface area (Å²) in [5.74, 6) is 0.897. The van der Waals surface area contributed by atoms with Crippen LogP contribution in [0.4, 0.5) is 0 Å². The zero-order chi connectivity index (χ0) is 11.8. The van der Waals surface area contributed by atoms with Crippen molar-refractivity contribution >= 4 is 0 Å². The van der Waals surface area contributed by atoms with Crippen molar-refractivity contribution < 1.29 is 0 Å². The number of nitrogens with zero attached hydrogens (tertiary/aromatic N) is 1. The maximum Gasteiger partial charge on any atom is 0.00223 e. The smallest absolute Gasteiger partial charge is 0.00223 e. The monoisotopic (exact) mass is 226 g/mol. The Morgan fingerprint density at radius 2 is 2.06 bits per heavy atom. The molecule has 1 fully saturated rings. The Hall–Kier alpha value is -0.0800. The minimum absolute atomic E-state index is 0.638. The Balaban J connectivity index is 2.01. The Labute approximate surface area is 102 Å². The molecule has 1 heterocycles. The van der Waals surface area contributed by atoms with Crippen molar-refractivity contribution in [1.29, 1.82) is 0 Å². The molecule has 0 bridgehead atoms. The SMILES string of the molecule is CCCCCCN1CCC(CNC(C)C)C1. The van der Waals surface area contributed by atoms with Crippen molar-refractivity contribution in [3.8, 4) is 0 Å². The van der Waals surface area contributed by atoms with E-state index in [0.717, 1.165) is 5.92 Å². The minimum atomic E-state index is 0.638. The molecule has 0 radical (unpaired) electrons. The van der Waals surface area contributed by atoms with E-state index in [1.807, 2.05) is 0 Å². The fraction of sp³-hybridized carbons (Fsp3) is 1.00. The third kappa shape index (κ3) is 5.86. The van der Waals surface area contributed by atoms with Crippen LogP contribution in [0.1, 0.15) is 52.9 Å². The summed E-state index contributed by atoms with van der Waals surface area (Å²) in [6.07, 6.45) is 6.97. The van der Waals surface area contributed by atoms with Gasteiger partial charge in [0.25, 0.3) is 0 Å². The molecule has 96 valence electrons. The largest absolute Gasteiger partial charge is 0.314 e. The number of rotatable bonds is 8. The van der Waals surface area contributed by atoms with Crippen LogP contribution in [-0.2, 0) is 0 Å². The van der Waals surface area contributed by atoms with Crippen LogP contribution in [0, 0.1) is 5.92 Å². The van der Waals surface area contributed by atoms with Gasteiger partial charge in [0.15, 0.2) is 0 Å². The molecule has 1 aliphatic rings. The Morgan fingerprint density at radius 3 is 2.75 bits per heavy atom. The van der Waals surface area contributed by atoms with Crippen molar-refractivity contribution in [3.63, 3.8) is 0 Å². The van der Waals surface area contributed by atoms with Crippen molar-refractivity contribution in [1.82, 2.24) is 10.2 Å². The van der Waals surface area contributed by atoms with Gasteiger partial charge in [0, 0.05) is 12.6 Å². The molecule has 2 heteroatoms. The molecule has 16 heavy (non-hydrogen) atoms. The van der Waals surface area contributed by atoms with Crippen LogP contribution in [0.5, 0.6) is 0 Å². The lowest BCUT2D eigenvalue weighted by molar-refractivity contribution is 0.311. The van der Waals surface area contributed by atoms with Gasteiger partial charge < -0.3 is 10.2 Å². The molecule has 2 nitrogen and oxygen atoms in total. The second-order valence-corrected chi connectivity index (χ2v) is 5.58. The molecule has 0 spiro atoms. The van der Waals surface area contributed by atoms with Gasteiger partial charge in [-0.3, -0.25) is 0 Å². The number of hydrogen-bond acceptors (Lipinski definition) is 2. The Bertz CT molecular complexity index is 168. The summed E-state index contributed by atoms with van der Waals surface area (Å²) in [5.41, 5.74) is 0. The lowest BCUT2D eigenvalue weighted by Crippen LogP contribution is -2.31. The van der Waals surface area contributed by atoms with Crippen LogP contribution >= 0.6 is 0 Å². The molecule has 0 saturated carbocycles. The zero-order valence-electron chi connectivity index (χ0n) is 11.5. The molecule has 1 N–H and O–H groups in total. The highest BCUT2D eigenvalue weighted by Crippen LogP contribution is 2.16. The molecule has 1 atom stereocenters. The predicted molar refractivity (Wildman–Crippen MR) is 71.8 cm³/mol. The summed E-state index contributed by atoms with van der Waals surface area (Å²) in [7, 11) is 0. The van der Waals surface area contributed by atoms with Gasteiger partial charge in [0.05, 0.1) is 0 Å². The fourth-order valence-electron chi connectivity index (χ4n) is 2.45. The van der Waals surface area contributed by atoms with Crippen LogP contribution < -0.4 is 5.32 Å². The number of nitrogens with one attached hydrogen (secondary N) is 1. The van der Waals surface area contributed by atoms with Gasteiger partial charge in [-0.25, -0.2) is 0 Å². The van der Waals surface area contributed by atoms with Crippen LogP contribution in [0.2, 0.25) is 0 Å². The normalized spacial score (nSPS) is 22.1. The third-order valence-electron chi connectivity index (χ3n) is 3.51. The lowest BCUT2D eigenvalue weighted by Gasteiger charge is -2.17. The summed E-state index contributed by atoms with van der Waals surface area (Å²) in [6.45, 7) is 11.9. The second-order valence-electron chi connectivity index (χ2n) is 5.58. The van der Waals surface area contributed by atoms with Crippen molar-refractivity contribution in [3.05, 3.63) is 0 Å². The van der Waals surface area contributed by atoms with Crippen LogP contribution in [-0.4, -0.2) is 37.1 Å². The number of unbranched alkanes of at least 4 members (excludes halogenated alkanes) is 3. The molecule has 1 rings (SSSR count). The van der Waals surface area contributed by atoms with Crippen LogP contribution in [0.25, 0.3) is 0 Å². The number of likely N-dealkylation sites (tertiary alicyclic amines) is 1. The van der Waals surface area contributed by atoms with Gasteiger partial charge >= 0.3 is 0 Å². The number of hydrogen-bond donors (Lipinski definition) is 1. The van der Waals surface area contributed by atoms with E-state index < -0.39 is 0 Å². The quantitative estimate of drug-likeness (QED) is 0.640. The fourth-order valence-corrected chi connectivity index (χ4v) is 2.45. The molecule has 0 aromatic carbocycles. The highest BCUT2D eigenvalue weighted by atomic mass is 15.1. The zero-order valence-corrected chi connectivity index (χ0v) is 11.5. The lowest BCUT2D eigenvalue weighted by atomic mass is 10.1. The molecular weight excluding hydrogens is 196 g/mol. The molecular formula is C14H30N2. The van der Waals surface area contributed by atoms with E-state index in [1.54, 1.807) is 0 Å². The summed E-state index contributed by atoms with van der Waals surface area (Å²) in [6, 6.07) is 0.638. The Kier molecular flexibility index (Phi) is 7.06. The third-order valence-corrected chi connectivity index (χ3v) is 3.51. The second kappa shape index (κ2) is 8.08. The van der Waals surface area contributed by atoms with Crippen molar-refractivity contribution in [2.75, 3.05) is 26.2 Å². The summed E-state index contributed by atoms with van der Waals surface area (Å²) in [5, 5.41) is 3.56. The van der Waals surface area contributed by atoms with E-state index in [4.69, 9.17) is 0 Å². The first-order valence-electron chi connectivity index (χ1n) is 7.18. The highest BCUT2D eigenvalue weighted by Gasteiger charge is 2.21. The van der Waals surface area contributed by atoms with Gasteiger partial charge in [0.2, 0.25) is 0 Å². The van der Waals surface area contributed by atoms with Gasteiger partial charge in [-0.05, 0) is 38.4 Å². The van der Waals surface area contributed by atoms with Crippen molar-refractivity contribution in [2.24, 2.45) is 5.92 Å². The Morgan fingerprint density at radius 1 is 1.25 bits per heavy atom. The topological polar surface area (TPSA) is 15.3 Å². The van der Waals surface area contributed by atoms with E-state index in [0.29, 0.717) is 6.04 Å². The van der Waals surface area contributed by atoms with Gasteiger partial charge in [-0.2, -0.15) is 0 Å². The maximum atomic E-state index is 3.56. The predicted octanol–water partition coefficient (Wildman–Crippen LogP) is 2.89. The molecule has 0 aliphatic carbocycles. The molecule has 1 saturated heterocycles. The van der Waals surface area contributed by atoms with Crippen LogP contribution in [0.3, 0.4) is 0 Å². The van der Waals surface area contributed by atoms with E-state index in [1.165, 1.54) is 58.3 Å². The van der Waals surface area contributed by atoms with Gasteiger partial charge in [-0.15, -0.1) is 0 Å². The molecule has 1 unspecified atom stereocenters. The molecule has 1 aliphatic heterocycles. The molecule has 0 aromatic heterocycles. The molecule has 0 amide bonds. The van der Waals surface area contributed by atoms with Crippen LogP contribution in [0.15, 0.2) is 0 Å². The van der Waals surface area contributed by atoms with E-state index in [2.05, 4.69) is 31.0 Å². The highest BCUT2D eigenvalue weighted by molar-refractivity contribution is 4.77. The summed E-state index contributed by atoms with van der Waals surface area (Å²) in [4.78, 5) is 2.66. The van der Waals surface area contributed by atoms with E-state index in [9.17, 15) is 0 Å². The van der Waals surface area contributed by atoms with E-state index in [-0.39, 0.29) is 0 Å². The maximum absolute atomic E-state index is 3.56. The van der Waals surface area contributed by atoms with E-state index >= 15 is 0 Å². The van der Waals surface area contributed by atoms with Gasteiger partial charge in [-0.1, -0.05) is 40.0 Å². The average molecular weight is 226 g/mol. The van der Waals surface area contributed by atoms with Crippen molar-refractivity contribution in [2.45, 2.75) is 58.9 Å². The summed E-state index contributed by atoms with van der Waals surface area (Å²) >= 11 is 0. The standard InChI is InChI=1S/C14H30N2/c1-4-5-6-7-9-16-10-8-14(12-16)11-15-13(2)3/h13-15H,4-12H2,1-3H3. The first-order valence-corrected chi connectivity index (χ1v) is 7.18. The minimum Gasteiger partial charge on any atom is -0.314 e. The summed E-state index contributed by atoms with van der Waals surface area (Å²) < 4.78 is 0.